The van der Waals surface area contributed by atoms with E-state index < -0.39 is 15.1 Å². The van der Waals surface area contributed by atoms with Gasteiger partial charge in [-0.2, -0.15) is 0 Å². The van der Waals surface area contributed by atoms with Crippen LogP contribution in [-0.2, 0) is 9.84 Å². The fraction of sp³-hybridized carbons (Fsp3) is 1.00. The molecule has 0 aliphatic rings. The van der Waals surface area contributed by atoms with Crippen LogP contribution in [0.15, 0.2) is 0 Å². The first-order chi connectivity index (χ1) is 5.41. The molecule has 0 fully saturated rings. The second-order valence-electron chi connectivity index (χ2n) is 2.77. The van der Waals surface area contributed by atoms with Gasteiger partial charge in [-0.3, -0.25) is 5.43 Å². The van der Waals surface area contributed by atoms with Crippen molar-refractivity contribution in [1.82, 2.24) is 10.4 Å². The Balaban J connectivity index is 4.08. The van der Waals surface area contributed by atoms with Gasteiger partial charge in [0.15, 0.2) is 9.84 Å². The summed E-state index contributed by atoms with van der Waals surface area (Å²) in [6.45, 7) is 2.37. The van der Waals surface area contributed by atoms with Crippen LogP contribution < -0.4 is 11.2 Å². The lowest BCUT2D eigenvalue weighted by Gasteiger charge is -2.21. The van der Waals surface area contributed by atoms with Crippen LogP contribution in [0.5, 0.6) is 0 Å². The van der Waals surface area contributed by atoms with Gasteiger partial charge in [-0.1, -0.05) is 0 Å². The van der Waals surface area contributed by atoms with Crippen molar-refractivity contribution in [3.63, 3.8) is 0 Å². The van der Waals surface area contributed by atoms with Gasteiger partial charge in [0.05, 0.1) is 11.9 Å². The molecule has 0 radical (unpaired) electrons. The number of rotatable bonds is 5. The maximum atomic E-state index is 11.0. The second-order valence-corrected chi connectivity index (χ2v) is 5.23. The molecular formula is C6H17N3O2S. The maximum Gasteiger partial charge on any atom is 0.151 e. The third-order valence-electron chi connectivity index (χ3n) is 1.75. The summed E-state index contributed by atoms with van der Waals surface area (Å²) in [5.74, 6) is 0. The van der Waals surface area contributed by atoms with Crippen molar-refractivity contribution >= 4 is 9.84 Å². The summed E-state index contributed by atoms with van der Waals surface area (Å²) in [7, 11) is -1.25. The highest BCUT2D eigenvalue weighted by molar-refractivity contribution is 7.91. The second kappa shape index (κ2) is 4.76. The third-order valence-corrected chi connectivity index (χ3v) is 3.36. The predicted molar refractivity (Wildman–Crippen MR) is 49.1 cm³/mol. The Morgan fingerprint density at radius 3 is 2.33 bits per heavy atom. The summed E-state index contributed by atoms with van der Waals surface area (Å²) in [6, 6.07) is 0. The summed E-state index contributed by atoms with van der Waals surface area (Å²) in [5.41, 5.74) is 8.14. The summed E-state index contributed by atoms with van der Waals surface area (Å²) in [5, 5.41) is 1.25. The molecule has 0 bridgehead atoms. The van der Waals surface area contributed by atoms with Crippen molar-refractivity contribution in [2.24, 2.45) is 5.73 Å². The van der Waals surface area contributed by atoms with Crippen LogP contribution in [0, 0.1) is 0 Å². The van der Waals surface area contributed by atoms with Crippen molar-refractivity contribution in [2.45, 2.75) is 12.2 Å². The number of nitrogens with zero attached hydrogens (tertiary/aromatic N) is 1. The van der Waals surface area contributed by atoms with Crippen molar-refractivity contribution in [3.8, 4) is 0 Å². The van der Waals surface area contributed by atoms with E-state index in [0.717, 1.165) is 0 Å². The van der Waals surface area contributed by atoms with Crippen molar-refractivity contribution in [2.75, 3.05) is 26.5 Å². The summed E-state index contributed by atoms with van der Waals surface area (Å²) >= 11 is 0. The molecule has 0 spiro atoms. The van der Waals surface area contributed by atoms with E-state index in [-0.39, 0.29) is 0 Å². The fourth-order valence-corrected chi connectivity index (χ4v) is 1.15. The van der Waals surface area contributed by atoms with Gasteiger partial charge >= 0.3 is 0 Å². The standard InChI is InChI=1S/C6H17N3O2S/c1-6(12(3,10)11)4-9(5-7)8-2/h6,8H,4-5,7H2,1-3H3. The molecule has 0 aliphatic heterocycles. The highest BCUT2D eigenvalue weighted by Crippen LogP contribution is 1.98. The molecule has 3 N–H and O–H groups in total. The molecule has 1 atom stereocenters. The molecule has 6 heteroatoms. The summed E-state index contributed by atoms with van der Waals surface area (Å²) in [6.07, 6.45) is 1.22. The monoisotopic (exact) mass is 195 g/mol. The van der Waals surface area contributed by atoms with Crippen LogP contribution in [0.1, 0.15) is 6.92 Å². The zero-order chi connectivity index (χ0) is 9.78. The number of nitrogens with two attached hydrogens (primary N) is 1. The first kappa shape index (κ1) is 11.8. The molecule has 0 saturated carbocycles. The molecule has 0 saturated heterocycles. The van der Waals surface area contributed by atoms with Gasteiger partial charge in [-0.05, 0) is 14.0 Å². The Hall–Kier alpha value is -0.170. The van der Waals surface area contributed by atoms with Gasteiger partial charge in [0.2, 0.25) is 0 Å². The normalized spacial score (nSPS) is 15.1. The van der Waals surface area contributed by atoms with E-state index >= 15 is 0 Å². The number of hydrogen-bond donors (Lipinski definition) is 2. The highest BCUT2D eigenvalue weighted by atomic mass is 32.2. The van der Waals surface area contributed by atoms with E-state index in [1.807, 2.05) is 0 Å². The van der Waals surface area contributed by atoms with Crippen LogP contribution in [0.25, 0.3) is 0 Å². The average molecular weight is 195 g/mol. The summed E-state index contributed by atoms with van der Waals surface area (Å²) < 4.78 is 22.0. The van der Waals surface area contributed by atoms with Crippen LogP contribution in [0.4, 0.5) is 0 Å². The quantitative estimate of drug-likeness (QED) is 0.424. The molecule has 1 unspecified atom stereocenters. The number of nitrogens with one attached hydrogen (secondary N) is 1. The zero-order valence-electron chi connectivity index (χ0n) is 7.74. The largest absolute Gasteiger partial charge is 0.317 e. The first-order valence-electron chi connectivity index (χ1n) is 3.73. The SMILES string of the molecule is CNN(CN)CC(C)S(C)(=O)=O. The Labute approximate surface area is 73.8 Å². The smallest absolute Gasteiger partial charge is 0.151 e. The van der Waals surface area contributed by atoms with E-state index in [1.165, 1.54) is 6.26 Å². The topological polar surface area (TPSA) is 75.4 Å². The van der Waals surface area contributed by atoms with Gasteiger partial charge in [0.25, 0.3) is 0 Å². The van der Waals surface area contributed by atoms with E-state index in [9.17, 15) is 8.42 Å². The molecular weight excluding hydrogens is 178 g/mol. The van der Waals surface area contributed by atoms with Gasteiger partial charge < -0.3 is 5.73 Å². The van der Waals surface area contributed by atoms with Gasteiger partial charge in [0, 0.05) is 12.8 Å². The minimum atomic E-state index is -2.96. The minimum absolute atomic E-state index is 0.302. The maximum absolute atomic E-state index is 11.0. The van der Waals surface area contributed by atoms with Gasteiger partial charge in [-0.25, -0.2) is 13.4 Å². The molecule has 0 rings (SSSR count). The van der Waals surface area contributed by atoms with Gasteiger partial charge in [-0.15, -0.1) is 0 Å². The lowest BCUT2D eigenvalue weighted by molar-refractivity contribution is 0.215. The molecule has 0 aromatic carbocycles. The van der Waals surface area contributed by atoms with Crippen molar-refractivity contribution in [3.05, 3.63) is 0 Å². The van der Waals surface area contributed by atoms with E-state index in [2.05, 4.69) is 5.43 Å². The Bertz CT molecular complexity index is 211. The summed E-state index contributed by atoms with van der Waals surface area (Å²) in [4.78, 5) is 0. The zero-order valence-corrected chi connectivity index (χ0v) is 8.56. The number of hydrazine groups is 1. The van der Waals surface area contributed by atoms with Gasteiger partial charge in [0.1, 0.15) is 0 Å². The third kappa shape index (κ3) is 4.01. The Morgan fingerprint density at radius 2 is 2.08 bits per heavy atom. The predicted octanol–water partition coefficient (Wildman–Crippen LogP) is -1.23. The molecule has 0 aromatic heterocycles. The van der Waals surface area contributed by atoms with Crippen LogP contribution in [0.3, 0.4) is 0 Å². The van der Waals surface area contributed by atoms with Crippen LogP contribution >= 0.6 is 0 Å². The van der Waals surface area contributed by atoms with Crippen LogP contribution in [0.2, 0.25) is 0 Å². The van der Waals surface area contributed by atoms with Crippen molar-refractivity contribution < 1.29 is 8.42 Å². The van der Waals surface area contributed by atoms with E-state index in [0.29, 0.717) is 13.2 Å². The molecule has 0 aliphatic carbocycles. The number of sulfone groups is 1. The Kier molecular flexibility index (Phi) is 4.69. The molecule has 5 nitrogen and oxygen atoms in total. The molecule has 0 heterocycles. The molecule has 74 valence electrons. The van der Waals surface area contributed by atoms with E-state index in [4.69, 9.17) is 5.73 Å². The fourth-order valence-electron chi connectivity index (χ4n) is 0.703. The molecule has 0 amide bonds. The molecule has 0 aromatic rings. The minimum Gasteiger partial charge on any atom is -0.317 e. The Morgan fingerprint density at radius 1 is 1.58 bits per heavy atom. The average Bonchev–Trinajstić information content (AvgIpc) is 1.97. The van der Waals surface area contributed by atoms with E-state index in [1.54, 1.807) is 19.0 Å². The first-order valence-corrected chi connectivity index (χ1v) is 5.68. The number of hydrogen-bond acceptors (Lipinski definition) is 5. The lowest BCUT2D eigenvalue weighted by atomic mass is 10.5. The molecule has 12 heavy (non-hydrogen) atoms. The lowest BCUT2D eigenvalue weighted by Crippen LogP contribution is -2.45. The highest BCUT2D eigenvalue weighted by Gasteiger charge is 2.17. The van der Waals surface area contributed by atoms with Crippen LogP contribution in [-0.4, -0.2) is 45.2 Å². The van der Waals surface area contributed by atoms with Crippen molar-refractivity contribution in [1.29, 1.82) is 0 Å².